The molecule has 0 fully saturated rings. The molecule has 3 amide bonds. The molecule has 6 nitrogen and oxygen atoms in total. The summed E-state index contributed by atoms with van der Waals surface area (Å²) in [7, 11) is 0. The van der Waals surface area contributed by atoms with E-state index in [2.05, 4.69) is 42.0 Å². The molecule has 116 valence electrons. The Balaban J connectivity index is 2.64. The number of benzene rings is 1. The van der Waals surface area contributed by atoms with Crippen molar-refractivity contribution >= 4 is 27.9 Å². The number of nitrogens with one attached hydrogen (secondary N) is 2. The molecule has 0 aliphatic rings. The van der Waals surface area contributed by atoms with E-state index < -0.39 is 11.9 Å². The first kappa shape index (κ1) is 17.5. The van der Waals surface area contributed by atoms with Crippen molar-refractivity contribution < 1.29 is 14.3 Å². The van der Waals surface area contributed by atoms with Crippen molar-refractivity contribution in [3.63, 3.8) is 0 Å². The molecule has 7 heteroatoms. The average Bonchev–Trinajstić information content (AvgIpc) is 2.34. The molecule has 1 aromatic rings. The standard InChI is InChI=1S/C14H20BrN3O3/c1-14(2,3)17-7-9-6-10(4-5-11(9)15)21-8-12(19)18-13(16)20/h4-6,17H,7-8H2,1-3H3,(H3,16,18,19,20). The molecule has 0 aliphatic carbocycles. The van der Waals surface area contributed by atoms with Gasteiger partial charge in [0, 0.05) is 16.6 Å². The minimum absolute atomic E-state index is 0.00231. The number of imide groups is 1. The number of amides is 3. The summed E-state index contributed by atoms with van der Waals surface area (Å²) < 4.78 is 6.28. The van der Waals surface area contributed by atoms with E-state index in [0.717, 1.165) is 10.0 Å². The van der Waals surface area contributed by atoms with Crippen LogP contribution < -0.4 is 21.1 Å². The van der Waals surface area contributed by atoms with Gasteiger partial charge in [-0.3, -0.25) is 10.1 Å². The van der Waals surface area contributed by atoms with Crippen LogP contribution >= 0.6 is 15.9 Å². The summed E-state index contributed by atoms with van der Waals surface area (Å²) >= 11 is 3.47. The van der Waals surface area contributed by atoms with Crippen LogP contribution in [0.25, 0.3) is 0 Å². The number of primary amides is 1. The van der Waals surface area contributed by atoms with Gasteiger partial charge in [0.1, 0.15) is 5.75 Å². The van der Waals surface area contributed by atoms with Crippen LogP contribution in [0.3, 0.4) is 0 Å². The molecule has 21 heavy (non-hydrogen) atoms. The van der Waals surface area contributed by atoms with Gasteiger partial charge in [-0.2, -0.15) is 0 Å². The molecule has 0 bridgehead atoms. The zero-order valence-electron chi connectivity index (χ0n) is 12.3. The number of nitrogens with two attached hydrogens (primary N) is 1. The second-order valence-electron chi connectivity index (χ2n) is 5.56. The second-order valence-corrected chi connectivity index (χ2v) is 6.41. The van der Waals surface area contributed by atoms with Gasteiger partial charge in [-0.15, -0.1) is 0 Å². The molecule has 0 unspecified atom stereocenters. The first-order valence-electron chi connectivity index (χ1n) is 6.43. The maximum absolute atomic E-state index is 11.3. The molecule has 0 saturated heterocycles. The van der Waals surface area contributed by atoms with E-state index in [9.17, 15) is 9.59 Å². The molecule has 0 heterocycles. The monoisotopic (exact) mass is 357 g/mol. The highest BCUT2D eigenvalue weighted by molar-refractivity contribution is 9.10. The van der Waals surface area contributed by atoms with Gasteiger partial charge in [0.2, 0.25) is 0 Å². The molecule has 0 aromatic heterocycles. The first-order chi connectivity index (χ1) is 9.67. The number of hydrogen-bond donors (Lipinski definition) is 3. The third-order valence-electron chi connectivity index (χ3n) is 2.46. The SMILES string of the molecule is CC(C)(C)NCc1cc(OCC(=O)NC(N)=O)ccc1Br. The van der Waals surface area contributed by atoms with E-state index >= 15 is 0 Å². The quantitative estimate of drug-likeness (QED) is 0.750. The molecular weight excluding hydrogens is 338 g/mol. The zero-order chi connectivity index (χ0) is 16.0. The van der Waals surface area contributed by atoms with Crippen molar-refractivity contribution in [1.82, 2.24) is 10.6 Å². The Labute approximate surface area is 132 Å². The Morgan fingerprint density at radius 1 is 1.33 bits per heavy atom. The van der Waals surface area contributed by atoms with E-state index in [4.69, 9.17) is 10.5 Å². The van der Waals surface area contributed by atoms with Crippen molar-refractivity contribution in [3.8, 4) is 5.75 Å². The van der Waals surface area contributed by atoms with Crippen LogP contribution in [0.4, 0.5) is 4.79 Å². The summed E-state index contributed by atoms with van der Waals surface area (Å²) in [5.74, 6) is -0.0386. The Hall–Kier alpha value is -1.60. The first-order valence-corrected chi connectivity index (χ1v) is 7.22. The van der Waals surface area contributed by atoms with Crippen LogP contribution in [-0.4, -0.2) is 24.1 Å². The predicted octanol–water partition coefficient (Wildman–Crippen LogP) is 1.91. The summed E-state index contributed by atoms with van der Waals surface area (Å²) in [6, 6.07) is 4.53. The van der Waals surface area contributed by atoms with Crippen LogP contribution in [0.2, 0.25) is 0 Å². The van der Waals surface area contributed by atoms with Crippen LogP contribution in [0.5, 0.6) is 5.75 Å². The summed E-state index contributed by atoms with van der Waals surface area (Å²) in [5.41, 5.74) is 5.86. The summed E-state index contributed by atoms with van der Waals surface area (Å²) in [5, 5.41) is 5.31. The Morgan fingerprint density at radius 3 is 2.57 bits per heavy atom. The lowest BCUT2D eigenvalue weighted by atomic mass is 10.1. The number of hydrogen-bond acceptors (Lipinski definition) is 4. The van der Waals surface area contributed by atoms with E-state index in [1.165, 1.54) is 0 Å². The lowest BCUT2D eigenvalue weighted by Gasteiger charge is -2.21. The van der Waals surface area contributed by atoms with Gasteiger partial charge in [-0.25, -0.2) is 4.79 Å². The molecule has 0 atom stereocenters. The molecule has 4 N–H and O–H groups in total. The normalized spacial score (nSPS) is 11.0. The number of carbonyl (C=O) groups excluding carboxylic acids is 2. The summed E-state index contributed by atoms with van der Waals surface area (Å²) in [6.07, 6.45) is 0. The topological polar surface area (TPSA) is 93.4 Å². The molecular formula is C14H20BrN3O3. The zero-order valence-corrected chi connectivity index (χ0v) is 13.9. The number of urea groups is 1. The maximum atomic E-state index is 11.3. The van der Waals surface area contributed by atoms with E-state index in [1.54, 1.807) is 6.07 Å². The second kappa shape index (κ2) is 7.42. The smallest absolute Gasteiger partial charge is 0.318 e. The van der Waals surface area contributed by atoms with Gasteiger partial charge < -0.3 is 15.8 Å². The molecule has 0 aliphatic heterocycles. The third-order valence-corrected chi connectivity index (χ3v) is 3.23. The third kappa shape index (κ3) is 7.10. The van der Waals surface area contributed by atoms with Gasteiger partial charge >= 0.3 is 6.03 Å². The highest BCUT2D eigenvalue weighted by atomic mass is 79.9. The van der Waals surface area contributed by atoms with Gasteiger partial charge in [0.15, 0.2) is 6.61 Å². The van der Waals surface area contributed by atoms with E-state index in [-0.39, 0.29) is 12.1 Å². The fraction of sp³-hybridized carbons (Fsp3) is 0.429. The minimum atomic E-state index is -0.894. The number of rotatable bonds is 5. The number of halogens is 1. The lowest BCUT2D eigenvalue weighted by molar-refractivity contribution is -0.121. The van der Waals surface area contributed by atoms with Gasteiger partial charge in [0.05, 0.1) is 0 Å². The summed E-state index contributed by atoms with van der Waals surface area (Å²) in [6.45, 7) is 6.63. The van der Waals surface area contributed by atoms with Crippen molar-refractivity contribution in [2.24, 2.45) is 5.73 Å². The number of carbonyl (C=O) groups is 2. The predicted molar refractivity (Wildman–Crippen MR) is 84.0 cm³/mol. The highest BCUT2D eigenvalue weighted by Gasteiger charge is 2.11. The van der Waals surface area contributed by atoms with Crippen LogP contribution in [0.1, 0.15) is 26.3 Å². The molecule has 1 rings (SSSR count). The van der Waals surface area contributed by atoms with E-state index in [1.807, 2.05) is 17.4 Å². The average molecular weight is 358 g/mol. The van der Waals surface area contributed by atoms with E-state index in [0.29, 0.717) is 12.3 Å². The number of ether oxygens (including phenoxy) is 1. The Morgan fingerprint density at radius 2 is 2.00 bits per heavy atom. The van der Waals surface area contributed by atoms with Gasteiger partial charge in [-0.05, 0) is 44.5 Å². The van der Waals surface area contributed by atoms with Gasteiger partial charge in [0.25, 0.3) is 5.91 Å². The van der Waals surface area contributed by atoms with Crippen LogP contribution in [-0.2, 0) is 11.3 Å². The minimum Gasteiger partial charge on any atom is -0.484 e. The Kier molecular flexibility index (Phi) is 6.17. The largest absolute Gasteiger partial charge is 0.484 e. The fourth-order valence-corrected chi connectivity index (χ4v) is 1.85. The lowest BCUT2D eigenvalue weighted by Crippen LogP contribution is -2.38. The Bertz CT molecular complexity index is 527. The van der Waals surface area contributed by atoms with Crippen molar-refractivity contribution in [1.29, 1.82) is 0 Å². The molecule has 0 saturated carbocycles. The van der Waals surface area contributed by atoms with Crippen LogP contribution in [0.15, 0.2) is 22.7 Å². The molecule has 0 radical (unpaired) electrons. The maximum Gasteiger partial charge on any atom is 0.318 e. The highest BCUT2D eigenvalue weighted by Crippen LogP contribution is 2.23. The van der Waals surface area contributed by atoms with Crippen LogP contribution in [0, 0.1) is 0 Å². The molecule has 1 aromatic carbocycles. The molecule has 0 spiro atoms. The van der Waals surface area contributed by atoms with Crippen molar-refractivity contribution in [2.75, 3.05) is 6.61 Å². The fourth-order valence-electron chi connectivity index (χ4n) is 1.46. The summed E-state index contributed by atoms with van der Waals surface area (Å²) in [4.78, 5) is 21.8. The van der Waals surface area contributed by atoms with Crippen molar-refractivity contribution in [2.45, 2.75) is 32.9 Å². The van der Waals surface area contributed by atoms with Crippen molar-refractivity contribution in [3.05, 3.63) is 28.2 Å². The van der Waals surface area contributed by atoms with Gasteiger partial charge in [-0.1, -0.05) is 15.9 Å².